The standard InChI is InChI=1S/C27H34O7/c1-2-32-27-25(30)23(28)24(29)26(34-27)18-7-8-21(20-14-31-15-20)19(13-18)12-16-6-9-22-17(11-16)5-3-4-10-33-22/h6-9,11,13,20,23-30H,2-5,10,12,14-15H2,1H3. The quantitative estimate of drug-likeness (QED) is 0.597. The van der Waals surface area contributed by atoms with E-state index in [1.54, 1.807) is 6.92 Å². The number of ether oxygens (including phenoxy) is 4. The van der Waals surface area contributed by atoms with Crippen molar-refractivity contribution in [2.75, 3.05) is 26.4 Å². The first kappa shape index (κ1) is 23.7. The summed E-state index contributed by atoms with van der Waals surface area (Å²) in [6.45, 7) is 4.29. The van der Waals surface area contributed by atoms with Crippen molar-refractivity contribution in [1.82, 2.24) is 0 Å². The van der Waals surface area contributed by atoms with Crippen LogP contribution >= 0.6 is 0 Å². The van der Waals surface area contributed by atoms with Gasteiger partial charge < -0.3 is 34.3 Å². The van der Waals surface area contributed by atoms with Crippen LogP contribution < -0.4 is 4.74 Å². The molecule has 0 radical (unpaired) electrons. The number of aliphatic hydroxyl groups is 3. The van der Waals surface area contributed by atoms with E-state index in [0.717, 1.165) is 49.2 Å². The van der Waals surface area contributed by atoms with E-state index in [-0.39, 0.29) is 0 Å². The molecule has 3 aliphatic rings. The maximum absolute atomic E-state index is 10.7. The van der Waals surface area contributed by atoms with Gasteiger partial charge in [0.25, 0.3) is 0 Å². The number of rotatable bonds is 6. The van der Waals surface area contributed by atoms with Gasteiger partial charge >= 0.3 is 0 Å². The Morgan fingerprint density at radius 3 is 2.59 bits per heavy atom. The molecule has 2 aromatic carbocycles. The van der Waals surface area contributed by atoms with Crippen molar-refractivity contribution < 1.29 is 34.3 Å². The molecule has 7 nitrogen and oxygen atoms in total. The molecule has 3 heterocycles. The van der Waals surface area contributed by atoms with Gasteiger partial charge in [0.05, 0.1) is 19.8 Å². The van der Waals surface area contributed by atoms with Crippen molar-refractivity contribution in [2.24, 2.45) is 0 Å². The first-order chi connectivity index (χ1) is 16.5. The lowest BCUT2D eigenvalue weighted by molar-refractivity contribution is -0.298. The second-order valence-electron chi connectivity index (χ2n) is 9.47. The smallest absolute Gasteiger partial charge is 0.186 e. The second-order valence-corrected chi connectivity index (χ2v) is 9.47. The van der Waals surface area contributed by atoms with Crippen LogP contribution in [0.2, 0.25) is 0 Å². The van der Waals surface area contributed by atoms with Crippen LogP contribution in [0.3, 0.4) is 0 Å². The summed E-state index contributed by atoms with van der Waals surface area (Å²) in [5.41, 5.74) is 5.58. The van der Waals surface area contributed by atoms with Crippen LogP contribution in [0, 0.1) is 0 Å². The Balaban J connectivity index is 1.45. The molecule has 3 N–H and O–H groups in total. The predicted octanol–water partition coefficient (Wildman–Crippen LogP) is 2.62. The lowest BCUT2D eigenvalue weighted by Gasteiger charge is -2.40. The summed E-state index contributed by atoms with van der Waals surface area (Å²) < 4.78 is 22.7. The Bertz CT molecular complexity index is 989. The first-order valence-corrected chi connectivity index (χ1v) is 12.3. The number of benzene rings is 2. The number of hydrogen-bond donors (Lipinski definition) is 3. The largest absolute Gasteiger partial charge is 0.493 e. The molecule has 5 atom stereocenters. The van der Waals surface area contributed by atoms with E-state index in [1.807, 2.05) is 6.07 Å². The van der Waals surface area contributed by atoms with Gasteiger partial charge in [-0.05, 0) is 66.5 Å². The van der Waals surface area contributed by atoms with Gasteiger partial charge in [0, 0.05) is 12.5 Å². The molecule has 184 valence electrons. The lowest BCUT2D eigenvalue weighted by Crippen LogP contribution is -2.54. The van der Waals surface area contributed by atoms with Crippen molar-refractivity contribution >= 4 is 0 Å². The SMILES string of the molecule is CCOC1OC(c2ccc(C3COC3)c(Cc3ccc4c(c3)CCCCO4)c2)C(O)C(O)C1O. The highest BCUT2D eigenvalue weighted by molar-refractivity contribution is 5.44. The molecule has 0 aromatic heterocycles. The molecule has 5 unspecified atom stereocenters. The van der Waals surface area contributed by atoms with Crippen molar-refractivity contribution in [3.8, 4) is 5.75 Å². The summed E-state index contributed by atoms with van der Waals surface area (Å²) in [5.74, 6) is 1.32. The average Bonchev–Trinajstić information content (AvgIpc) is 3.04. The fraction of sp³-hybridized carbons (Fsp3) is 0.556. The summed E-state index contributed by atoms with van der Waals surface area (Å²) in [7, 11) is 0. The molecular weight excluding hydrogens is 436 g/mol. The maximum atomic E-state index is 10.7. The van der Waals surface area contributed by atoms with E-state index in [2.05, 4.69) is 30.3 Å². The van der Waals surface area contributed by atoms with Crippen LogP contribution in [0.25, 0.3) is 0 Å². The van der Waals surface area contributed by atoms with Crippen LogP contribution in [-0.2, 0) is 27.1 Å². The van der Waals surface area contributed by atoms with E-state index < -0.39 is 30.7 Å². The highest BCUT2D eigenvalue weighted by Gasteiger charge is 2.45. The molecule has 0 amide bonds. The molecule has 5 rings (SSSR count). The van der Waals surface area contributed by atoms with E-state index in [1.165, 1.54) is 16.7 Å². The molecule has 0 aliphatic carbocycles. The first-order valence-electron chi connectivity index (χ1n) is 12.3. The van der Waals surface area contributed by atoms with Gasteiger partial charge in [-0.3, -0.25) is 0 Å². The average molecular weight is 471 g/mol. The highest BCUT2D eigenvalue weighted by Crippen LogP contribution is 2.37. The zero-order valence-corrected chi connectivity index (χ0v) is 19.6. The number of aryl methyl sites for hydroxylation is 1. The van der Waals surface area contributed by atoms with Gasteiger partial charge in [0.1, 0.15) is 30.2 Å². The highest BCUT2D eigenvalue weighted by atomic mass is 16.7. The molecule has 34 heavy (non-hydrogen) atoms. The minimum atomic E-state index is -1.36. The summed E-state index contributed by atoms with van der Waals surface area (Å²) in [4.78, 5) is 0. The summed E-state index contributed by atoms with van der Waals surface area (Å²) in [6.07, 6.45) is -1.78. The van der Waals surface area contributed by atoms with Gasteiger partial charge in [-0.15, -0.1) is 0 Å². The summed E-state index contributed by atoms with van der Waals surface area (Å²) >= 11 is 0. The fourth-order valence-corrected chi connectivity index (χ4v) is 5.09. The van der Waals surface area contributed by atoms with Gasteiger partial charge in [0.15, 0.2) is 6.29 Å². The minimum Gasteiger partial charge on any atom is -0.493 e. The molecule has 0 saturated carbocycles. The van der Waals surface area contributed by atoms with E-state index in [0.29, 0.717) is 25.7 Å². The molecule has 7 heteroatoms. The van der Waals surface area contributed by atoms with Gasteiger partial charge in [-0.2, -0.15) is 0 Å². The van der Waals surface area contributed by atoms with Crippen molar-refractivity contribution in [3.05, 3.63) is 64.2 Å². The Morgan fingerprint density at radius 1 is 0.971 bits per heavy atom. The summed E-state index contributed by atoms with van der Waals surface area (Å²) in [6, 6.07) is 12.5. The molecule has 2 aromatic rings. The van der Waals surface area contributed by atoms with Crippen LogP contribution in [0.4, 0.5) is 0 Å². The number of aliphatic hydroxyl groups excluding tert-OH is 3. The lowest BCUT2D eigenvalue weighted by atomic mass is 9.85. The normalized spacial score (nSPS) is 29.6. The third-order valence-electron chi connectivity index (χ3n) is 7.09. The van der Waals surface area contributed by atoms with Gasteiger partial charge in [-0.1, -0.05) is 30.3 Å². The minimum absolute atomic E-state index is 0.325. The van der Waals surface area contributed by atoms with Gasteiger partial charge in [-0.25, -0.2) is 0 Å². The second kappa shape index (κ2) is 10.3. The van der Waals surface area contributed by atoms with E-state index in [9.17, 15) is 15.3 Å². The monoisotopic (exact) mass is 470 g/mol. The summed E-state index contributed by atoms with van der Waals surface area (Å²) in [5, 5.41) is 31.4. The molecular formula is C27H34O7. The Morgan fingerprint density at radius 2 is 1.82 bits per heavy atom. The Labute approximate surface area is 200 Å². The number of hydrogen-bond acceptors (Lipinski definition) is 7. The Kier molecular flexibility index (Phi) is 7.20. The molecule has 3 aliphatic heterocycles. The third-order valence-corrected chi connectivity index (χ3v) is 7.09. The Hall–Kier alpha value is -2.00. The topological polar surface area (TPSA) is 97.6 Å². The molecule has 2 fully saturated rings. The van der Waals surface area contributed by atoms with E-state index >= 15 is 0 Å². The van der Waals surface area contributed by atoms with Gasteiger partial charge in [0.2, 0.25) is 0 Å². The zero-order valence-electron chi connectivity index (χ0n) is 19.6. The molecule has 0 bridgehead atoms. The van der Waals surface area contributed by atoms with Crippen molar-refractivity contribution in [2.45, 2.75) is 69.2 Å². The van der Waals surface area contributed by atoms with Crippen LogP contribution in [0.1, 0.15) is 59.6 Å². The van der Waals surface area contributed by atoms with Crippen LogP contribution in [0.15, 0.2) is 36.4 Å². The maximum Gasteiger partial charge on any atom is 0.186 e. The zero-order chi connectivity index (χ0) is 23.7. The fourth-order valence-electron chi connectivity index (χ4n) is 5.09. The predicted molar refractivity (Wildman–Crippen MR) is 125 cm³/mol. The number of fused-ring (bicyclic) bond motifs is 1. The van der Waals surface area contributed by atoms with Crippen LogP contribution in [0.5, 0.6) is 5.75 Å². The van der Waals surface area contributed by atoms with E-state index in [4.69, 9.17) is 18.9 Å². The molecule has 2 saturated heterocycles. The van der Waals surface area contributed by atoms with Crippen LogP contribution in [-0.4, -0.2) is 66.3 Å². The van der Waals surface area contributed by atoms with Crippen molar-refractivity contribution in [3.63, 3.8) is 0 Å². The molecule has 0 spiro atoms. The van der Waals surface area contributed by atoms with Crippen molar-refractivity contribution in [1.29, 1.82) is 0 Å². The third kappa shape index (κ3) is 4.73.